The topological polar surface area (TPSA) is 72.9 Å². The van der Waals surface area contributed by atoms with Crippen LogP contribution in [0.5, 0.6) is 11.5 Å². The fourth-order valence-corrected chi connectivity index (χ4v) is 3.81. The first-order valence-electron chi connectivity index (χ1n) is 8.93. The minimum Gasteiger partial charge on any atom is -0.496 e. The zero-order chi connectivity index (χ0) is 22.3. The van der Waals surface area contributed by atoms with Gasteiger partial charge in [-0.25, -0.2) is 8.42 Å². The number of hydrogen-bond donors (Lipinski definition) is 0. The predicted octanol–water partition coefficient (Wildman–Crippen LogP) is 3.58. The predicted molar refractivity (Wildman–Crippen MR) is 102 cm³/mol. The number of alkyl halides is 3. The molecular formula is C20H20F3NO5S. The normalized spacial score (nSPS) is 14.9. The van der Waals surface area contributed by atoms with Crippen molar-refractivity contribution in [2.24, 2.45) is 0 Å². The Bertz CT molecular complexity index is 1080. The Labute approximate surface area is 172 Å². The Morgan fingerprint density at radius 2 is 1.83 bits per heavy atom. The van der Waals surface area contributed by atoms with E-state index >= 15 is 0 Å². The SMILES string of the molecule is COc1cccc2c1CN(C(=O)c1cc(S(C)(=O)=O)ccc1OC(C)C(F)(F)F)C2. The van der Waals surface area contributed by atoms with E-state index in [1.807, 2.05) is 6.07 Å². The molecule has 1 amide bonds. The summed E-state index contributed by atoms with van der Waals surface area (Å²) in [6, 6.07) is 8.59. The van der Waals surface area contributed by atoms with Gasteiger partial charge in [0.15, 0.2) is 15.9 Å². The summed E-state index contributed by atoms with van der Waals surface area (Å²) in [5.41, 5.74) is 1.38. The van der Waals surface area contributed by atoms with Crippen LogP contribution in [-0.2, 0) is 22.9 Å². The molecule has 1 aliphatic heterocycles. The van der Waals surface area contributed by atoms with Crippen molar-refractivity contribution in [1.29, 1.82) is 0 Å². The molecule has 30 heavy (non-hydrogen) atoms. The molecule has 0 bridgehead atoms. The zero-order valence-electron chi connectivity index (χ0n) is 16.5. The van der Waals surface area contributed by atoms with Crippen LogP contribution in [0, 0.1) is 0 Å². The molecule has 2 aromatic carbocycles. The second-order valence-corrected chi connectivity index (χ2v) is 9.01. The number of sulfone groups is 1. The van der Waals surface area contributed by atoms with Crippen molar-refractivity contribution in [3.8, 4) is 11.5 Å². The molecule has 162 valence electrons. The van der Waals surface area contributed by atoms with Gasteiger partial charge in [-0.3, -0.25) is 4.79 Å². The first-order chi connectivity index (χ1) is 13.9. The molecule has 0 aliphatic carbocycles. The van der Waals surface area contributed by atoms with Gasteiger partial charge >= 0.3 is 6.18 Å². The molecule has 0 fully saturated rings. The highest BCUT2D eigenvalue weighted by Crippen LogP contribution is 2.34. The van der Waals surface area contributed by atoms with E-state index in [-0.39, 0.29) is 29.3 Å². The maximum absolute atomic E-state index is 13.2. The van der Waals surface area contributed by atoms with Crippen LogP contribution in [0.25, 0.3) is 0 Å². The van der Waals surface area contributed by atoms with E-state index in [0.717, 1.165) is 42.5 Å². The molecule has 1 atom stereocenters. The number of amides is 1. The van der Waals surface area contributed by atoms with Crippen molar-refractivity contribution >= 4 is 15.7 Å². The second-order valence-electron chi connectivity index (χ2n) is 6.99. The highest BCUT2D eigenvalue weighted by atomic mass is 32.2. The minimum absolute atomic E-state index is 0.176. The van der Waals surface area contributed by atoms with Crippen LogP contribution < -0.4 is 9.47 Å². The smallest absolute Gasteiger partial charge is 0.425 e. The van der Waals surface area contributed by atoms with E-state index in [0.29, 0.717) is 5.75 Å². The lowest BCUT2D eigenvalue weighted by Crippen LogP contribution is -2.32. The molecule has 1 aliphatic rings. The van der Waals surface area contributed by atoms with E-state index in [1.54, 1.807) is 12.1 Å². The zero-order valence-corrected chi connectivity index (χ0v) is 17.3. The molecule has 0 saturated heterocycles. The fourth-order valence-electron chi connectivity index (χ4n) is 3.16. The van der Waals surface area contributed by atoms with Gasteiger partial charge in [0.2, 0.25) is 0 Å². The Hall–Kier alpha value is -2.75. The molecule has 0 spiro atoms. The molecule has 0 N–H and O–H groups in total. The Balaban J connectivity index is 1.99. The number of ether oxygens (including phenoxy) is 2. The van der Waals surface area contributed by atoms with Crippen LogP contribution in [0.3, 0.4) is 0 Å². The second kappa shape index (κ2) is 7.82. The first-order valence-corrected chi connectivity index (χ1v) is 10.8. The lowest BCUT2D eigenvalue weighted by Gasteiger charge is -2.22. The fraction of sp³-hybridized carbons (Fsp3) is 0.350. The van der Waals surface area contributed by atoms with Crippen molar-refractivity contribution in [2.45, 2.75) is 37.2 Å². The number of rotatable bonds is 5. The van der Waals surface area contributed by atoms with Crippen LogP contribution in [0.4, 0.5) is 13.2 Å². The number of nitrogens with zero attached hydrogens (tertiary/aromatic N) is 1. The highest BCUT2D eigenvalue weighted by Gasteiger charge is 2.39. The van der Waals surface area contributed by atoms with Crippen molar-refractivity contribution < 1.29 is 35.9 Å². The van der Waals surface area contributed by atoms with Crippen molar-refractivity contribution in [1.82, 2.24) is 4.90 Å². The number of fused-ring (bicyclic) bond motifs is 1. The van der Waals surface area contributed by atoms with Gasteiger partial charge in [-0.2, -0.15) is 13.2 Å². The molecular weight excluding hydrogens is 423 g/mol. The van der Waals surface area contributed by atoms with E-state index in [1.165, 1.54) is 12.0 Å². The molecule has 1 heterocycles. The van der Waals surface area contributed by atoms with Crippen LogP contribution in [-0.4, -0.2) is 44.9 Å². The quantitative estimate of drug-likeness (QED) is 0.706. The monoisotopic (exact) mass is 443 g/mol. The number of hydrogen-bond acceptors (Lipinski definition) is 5. The largest absolute Gasteiger partial charge is 0.496 e. The van der Waals surface area contributed by atoms with Gasteiger partial charge in [-0.05, 0) is 36.8 Å². The molecule has 10 heteroatoms. The maximum Gasteiger partial charge on any atom is 0.425 e. The summed E-state index contributed by atoms with van der Waals surface area (Å²) in [4.78, 5) is 14.4. The van der Waals surface area contributed by atoms with Crippen LogP contribution >= 0.6 is 0 Å². The van der Waals surface area contributed by atoms with Gasteiger partial charge in [0.25, 0.3) is 5.91 Å². The van der Waals surface area contributed by atoms with Gasteiger partial charge in [-0.1, -0.05) is 12.1 Å². The number of carbonyl (C=O) groups excluding carboxylic acids is 1. The number of carbonyl (C=O) groups is 1. The third kappa shape index (κ3) is 4.38. The number of benzene rings is 2. The number of halogens is 3. The van der Waals surface area contributed by atoms with Crippen LogP contribution in [0.2, 0.25) is 0 Å². The molecule has 3 rings (SSSR count). The van der Waals surface area contributed by atoms with Gasteiger partial charge in [0, 0.05) is 18.4 Å². The van der Waals surface area contributed by atoms with Gasteiger partial charge < -0.3 is 14.4 Å². The van der Waals surface area contributed by atoms with Crippen LogP contribution in [0.1, 0.15) is 28.4 Å². The van der Waals surface area contributed by atoms with E-state index in [9.17, 15) is 26.4 Å². The summed E-state index contributed by atoms with van der Waals surface area (Å²) >= 11 is 0. The van der Waals surface area contributed by atoms with Gasteiger partial charge in [0.1, 0.15) is 11.5 Å². The molecule has 2 aromatic rings. The minimum atomic E-state index is -4.65. The summed E-state index contributed by atoms with van der Waals surface area (Å²) in [5.74, 6) is -0.377. The maximum atomic E-state index is 13.2. The molecule has 0 aromatic heterocycles. The third-order valence-electron chi connectivity index (χ3n) is 4.82. The van der Waals surface area contributed by atoms with E-state index < -0.39 is 28.0 Å². The molecule has 1 unspecified atom stereocenters. The standard InChI is InChI=1S/C20H20F3NO5S/c1-12(20(21,22)23)29-18-8-7-14(30(3,26)27)9-15(18)19(25)24-10-13-5-4-6-17(28-2)16(13)11-24/h4-9,12H,10-11H2,1-3H3. The lowest BCUT2D eigenvalue weighted by atomic mass is 10.1. The summed E-state index contributed by atoms with van der Waals surface area (Å²) in [6.07, 6.45) is -5.87. The molecule has 6 nitrogen and oxygen atoms in total. The summed E-state index contributed by atoms with van der Waals surface area (Å²) in [5, 5.41) is 0. The Kier molecular flexibility index (Phi) is 5.72. The van der Waals surface area contributed by atoms with E-state index in [2.05, 4.69) is 0 Å². The van der Waals surface area contributed by atoms with Crippen molar-refractivity contribution in [2.75, 3.05) is 13.4 Å². The summed E-state index contributed by atoms with van der Waals surface area (Å²) in [6.45, 7) is 1.20. The molecule has 0 radical (unpaired) electrons. The van der Waals surface area contributed by atoms with Gasteiger partial charge in [0.05, 0.1) is 24.1 Å². The average Bonchev–Trinajstić information content (AvgIpc) is 3.10. The summed E-state index contributed by atoms with van der Waals surface area (Å²) < 4.78 is 73.0. The molecule has 0 saturated carbocycles. The van der Waals surface area contributed by atoms with Crippen LogP contribution in [0.15, 0.2) is 41.3 Å². The number of methoxy groups -OCH3 is 1. The highest BCUT2D eigenvalue weighted by molar-refractivity contribution is 7.90. The summed E-state index contributed by atoms with van der Waals surface area (Å²) in [7, 11) is -2.19. The van der Waals surface area contributed by atoms with E-state index in [4.69, 9.17) is 9.47 Å². The average molecular weight is 443 g/mol. The van der Waals surface area contributed by atoms with Crippen molar-refractivity contribution in [3.05, 3.63) is 53.1 Å². The van der Waals surface area contributed by atoms with Gasteiger partial charge in [-0.15, -0.1) is 0 Å². The lowest BCUT2D eigenvalue weighted by molar-refractivity contribution is -0.189. The Morgan fingerprint density at radius 3 is 2.43 bits per heavy atom. The third-order valence-corrected chi connectivity index (χ3v) is 5.93. The van der Waals surface area contributed by atoms with Crippen molar-refractivity contribution in [3.63, 3.8) is 0 Å². The Morgan fingerprint density at radius 1 is 1.13 bits per heavy atom. The first kappa shape index (κ1) is 21.9.